The van der Waals surface area contributed by atoms with Crippen LogP contribution in [-0.4, -0.2) is 14.5 Å². The standard InChI is InChI=1S/C37H25N3S/c1-37(2)26-17-9-6-14-23(26)31-27(37)20-21-29-32(31)24-15-7-10-18-28(24)40(29)36-38-33(22-12-4-3-5-13-22)35-34(39-36)25-16-8-11-19-30(25)41-35/h3-21H,1-2H3. The van der Waals surface area contributed by atoms with Crippen LogP contribution < -0.4 is 0 Å². The molecule has 1 aliphatic carbocycles. The molecule has 3 nitrogen and oxygen atoms in total. The van der Waals surface area contributed by atoms with Gasteiger partial charge >= 0.3 is 0 Å². The normalized spacial score (nSPS) is 13.8. The topological polar surface area (TPSA) is 30.7 Å². The first-order valence-electron chi connectivity index (χ1n) is 14.0. The molecule has 3 heterocycles. The fourth-order valence-electron chi connectivity index (χ4n) is 6.94. The van der Waals surface area contributed by atoms with Gasteiger partial charge in [-0.05, 0) is 40.5 Å². The summed E-state index contributed by atoms with van der Waals surface area (Å²) in [4.78, 5) is 10.7. The van der Waals surface area contributed by atoms with E-state index >= 15 is 0 Å². The van der Waals surface area contributed by atoms with Gasteiger partial charge in [-0.3, -0.25) is 4.57 Å². The Bertz CT molecular complexity index is 2340. The quantitative estimate of drug-likeness (QED) is 0.217. The molecule has 3 aromatic heterocycles. The van der Waals surface area contributed by atoms with Crippen LogP contribution >= 0.6 is 11.3 Å². The van der Waals surface area contributed by atoms with Gasteiger partial charge in [0, 0.05) is 31.8 Å². The molecule has 0 aliphatic heterocycles. The first kappa shape index (κ1) is 23.0. The van der Waals surface area contributed by atoms with Crippen molar-refractivity contribution in [2.75, 3.05) is 0 Å². The predicted molar refractivity (Wildman–Crippen MR) is 172 cm³/mol. The van der Waals surface area contributed by atoms with Crippen molar-refractivity contribution < 1.29 is 0 Å². The molecule has 9 rings (SSSR count). The van der Waals surface area contributed by atoms with E-state index in [1.54, 1.807) is 11.3 Å². The van der Waals surface area contributed by atoms with Crippen molar-refractivity contribution in [3.63, 3.8) is 0 Å². The van der Waals surface area contributed by atoms with Crippen molar-refractivity contribution in [2.24, 2.45) is 0 Å². The molecule has 1 aliphatic rings. The van der Waals surface area contributed by atoms with E-state index in [1.807, 2.05) is 0 Å². The van der Waals surface area contributed by atoms with Crippen LogP contribution in [0.3, 0.4) is 0 Å². The zero-order valence-corrected chi connectivity index (χ0v) is 23.5. The summed E-state index contributed by atoms with van der Waals surface area (Å²) in [7, 11) is 0. The van der Waals surface area contributed by atoms with Crippen molar-refractivity contribution >= 4 is 53.4 Å². The van der Waals surface area contributed by atoms with Crippen LogP contribution in [-0.2, 0) is 5.41 Å². The van der Waals surface area contributed by atoms with E-state index in [-0.39, 0.29) is 5.41 Å². The third-order valence-corrected chi connectivity index (χ3v) is 10.0. The Morgan fingerprint density at radius 2 is 1.37 bits per heavy atom. The summed E-state index contributed by atoms with van der Waals surface area (Å²) in [6.45, 7) is 4.68. The van der Waals surface area contributed by atoms with E-state index in [0.717, 1.165) is 32.5 Å². The first-order valence-corrected chi connectivity index (χ1v) is 14.8. The maximum Gasteiger partial charge on any atom is 0.235 e. The Labute approximate surface area is 241 Å². The minimum absolute atomic E-state index is 0.0607. The molecule has 4 heteroatoms. The smallest absolute Gasteiger partial charge is 0.235 e. The molecule has 194 valence electrons. The van der Waals surface area contributed by atoms with Crippen molar-refractivity contribution in [2.45, 2.75) is 19.3 Å². The molecular formula is C37H25N3S. The van der Waals surface area contributed by atoms with Crippen LogP contribution in [0.5, 0.6) is 0 Å². The molecule has 0 spiro atoms. The van der Waals surface area contributed by atoms with Gasteiger partial charge < -0.3 is 0 Å². The summed E-state index contributed by atoms with van der Waals surface area (Å²) < 4.78 is 4.63. The van der Waals surface area contributed by atoms with E-state index in [4.69, 9.17) is 9.97 Å². The number of hydrogen-bond donors (Lipinski definition) is 0. The van der Waals surface area contributed by atoms with Gasteiger partial charge in [-0.15, -0.1) is 11.3 Å². The lowest BCUT2D eigenvalue weighted by Gasteiger charge is -2.21. The number of thiophene rings is 1. The van der Waals surface area contributed by atoms with Crippen LogP contribution in [0.4, 0.5) is 0 Å². The molecule has 0 saturated heterocycles. The maximum absolute atomic E-state index is 5.34. The van der Waals surface area contributed by atoms with E-state index in [2.05, 4.69) is 134 Å². The number of aromatic nitrogens is 3. The summed E-state index contributed by atoms with van der Waals surface area (Å²) in [5.74, 6) is 0.705. The van der Waals surface area contributed by atoms with Crippen molar-refractivity contribution in [1.82, 2.24) is 14.5 Å². The number of fused-ring (bicyclic) bond motifs is 10. The highest BCUT2D eigenvalue weighted by atomic mass is 32.1. The molecule has 0 amide bonds. The molecule has 41 heavy (non-hydrogen) atoms. The predicted octanol–water partition coefficient (Wildman–Crippen LogP) is 9.91. The number of para-hydroxylation sites is 1. The van der Waals surface area contributed by atoms with Gasteiger partial charge in [0.1, 0.15) is 0 Å². The van der Waals surface area contributed by atoms with Crippen LogP contribution in [0.15, 0.2) is 115 Å². The third-order valence-electron chi connectivity index (χ3n) is 8.84. The van der Waals surface area contributed by atoms with Crippen molar-refractivity contribution in [1.29, 1.82) is 0 Å². The van der Waals surface area contributed by atoms with Crippen LogP contribution in [0.25, 0.3) is 70.4 Å². The van der Waals surface area contributed by atoms with E-state index < -0.39 is 0 Å². The maximum atomic E-state index is 5.34. The Morgan fingerprint density at radius 3 is 2.24 bits per heavy atom. The second-order valence-electron chi connectivity index (χ2n) is 11.4. The van der Waals surface area contributed by atoms with Gasteiger partial charge in [0.05, 0.1) is 26.9 Å². The molecule has 0 bridgehead atoms. The molecule has 0 radical (unpaired) electrons. The summed E-state index contributed by atoms with van der Waals surface area (Å²) in [5.41, 5.74) is 10.7. The van der Waals surface area contributed by atoms with Gasteiger partial charge in [0.25, 0.3) is 0 Å². The largest absolute Gasteiger partial charge is 0.278 e. The van der Waals surface area contributed by atoms with Crippen LogP contribution in [0, 0.1) is 0 Å². The Balaban J connectivity index is 1.44. The van der Waals surface area contributed by atoms with E-state index in [0.29, 0.717) is 5.95 Å². The van der Waals surface area contributed by atoms with Crippen LogP contribution in [0.1, 0.15) is 25.0 Å². The molecule has 0 saturated carbocycles. The minimum Gasteiger partial charge on any atom is -0.278 e. The number of rotatable bonds is 2. The summed E-state index contributed by atoms with van der Waals surface area (Å²) in [6.07, 6.45) is 0. The van der Waals surface area contributed by atoms with Gasteiger partial charge in [0.15, 0.2) is 0 Å². The SMILES string of the molecule is CC1(C)c2ccccc2-c2c1ccc1c2c2ccccc2n1-c1nc(-c2ccccc2)c2sc3ccccc3c2n1. The average molecular weight is 544 g/mol. The highest BCUT2D eigenvalue weighted by molar-refractivity contribution is 7.26. The second kappa shape index (κ2) is 8.12. The number of hydrogen-bond acceptors (Lipinski definition) is 3. The lowest BCUT2D eigenvalue weighted by molar-refractivity contribution is 0.661. The van der Waals surface area contributed by atoms with Gasteiger partial charge in [0.2, 0.25) is 5.95 Å². The van der Waals surface area contributed by atoms with Crippen molar-refractivity contribution in [3.05, 3.63) is 126 Å². The molecule has 0 atom stereocenters. The second-order valence-corrected chi connectivity index (χ2v) is 12.5. The average Bonchev–Trinajstić information content (AvgIpc) is 3.63. The Hall–Kier alpha value is -4.80. The lowest BCUT2D eigenvalue weighted by atomic mass is 9.82. The molecule has 0 fully saturated rings. The van der Waals surface area contributed by atoms with E-state index in [9.17, 15) is 0 Å². The number of benzene rings is 5. The van der Waals surface area contributed by atoms with Crippen LogP contribution in [0.2, 0.25) is 0 Å². The van der Waals surface area contributed by atoms with E-state index in [1.165, 1.54) is 43.1 Å². The Morgan fingerprint density at radius 1 is 0.634 bits per heavy atom. The lowest BCUT2D eigenvalue weighted by Crippen LogP contribution is -2.14. The summed E-state index contributed by atoms with van der Waals surface area (Å²) in [5, 5.41) is 3.67. The zero-order valence-electron chi connectivity index (χ0n) is 22.7. The van der Waals surface area contributed by atoms with Gasteiger partial charge in [-0.2, -0.15) is 0 Å². The zero-order chi connectivity index (χ0) is 27.3. The van der Waals surface area contributed by atoms with Gasteiger partial charge in [-0.1, -0.05) is 111 Å². The Kier molecular flexibility index (Phi) is 4.55. The number of nitrogens with zero attached hydrogens (tertiary/aromatic N) is 3. The highest BCUT2D eigenvalue weighted by Gasteiger charge is 2.37. The third kappa shape index (κ3) is 3.03. The van der Waals surface area contributed by atoms with Crippen molar-refractivity contribution in [3.8, 4) is 28.3 Å². The minimum atomic E-state index is -0.0607. The molecular weight excluding hydrogens is 518 g/mol. The highest BCUT2D eigenvalue weighted by Crippen LogP contribution is 2.53. The first-order chi connectivity index (χ1) is 20.1. The fraction of sp³-hybridized carbons (Fsp3) is 0.0811. The molecule has 0 unspecified atom stereocenters. The van der Waals surface area contributed by atoms with Gasteiger partial charge in [-0.25, -0.2) is 9.97 Å². The molecule has 0 N–H and O–H groups in total. The summed E-state index contributed by atoms with van der Waals surface area (Å²) in [6, 6.07) is 41.3. The monoisotopic (exact) mass is 543 g/mol. The molecule has 8 aromatic rings. The summed E-state index contributed by atoms with van der Waals surface area (Å²) >= 11 is 1.77. The fourth-order valence-corrected chi connectivity index (χ4v) is 8.09. The molecule has 5 aromatic carbocycles.